The van der Waals surface area contributed by atoms with E-state index in [0.29, 0.717) is 38.6 Å². The van der Waals surface area contributed by atoms with Gasteiger partial charge in [0, 0.05) is 36.5 Å². The first-order valence-corrected chi connectivity index (χ1v) is 15.2. The minimum Gasteiger partial charge on any atom is -0.379 e. The Morgan fingerprint density at radius 1 is 0.811 bits per heavy atom. The van der Waals surface area contributed by atoms with Gasteiger partial charge in [-0.2, -0.15) is 0 Å². The molecular weight excluding hydrogens is 536 g/mol. The minimum atomic E-state index is -0.797. The molecule has 0 aromatic heterocycles. The first-order chi connectivity index (χ1) is 18.0. The van der Waals surface area contributed by atoms with E-state index in [2.05, 4.69) is 43.6 Å². The summed E-state index contributed by atoms with van der Waals surface area (Å²) in [7, 11) is 0. The van der Waals surface area contributed by atoms with Gasteiger partial charge in [-0.25, -0.2) is 0 Å². The van der Waals surface area contributed by atoms with E-state index >= 15 is 0 Å². The molecule has 0 radical (unpaired) electrons. The average molecular weight is 586 g/mol. The fourth-order valence-electron chi connectivity index (χ4n) is 4.43. The molecule has 1 fully saturated rings. The standard InChI is InChI=1S/C30H49BrO6/c1-6-10-16-33-21-25-27(34-17-11-7-2)29(35-18-12-8-3)30(36-19-13-9-4)28(37-25)26(32)24-15-14-23(31)20-22(24)5/h14-15,20,25,27-30H,6-13,16-19,21H2,1-5H3. The molecule has 1 aliphatic heterocycles. The summed E-state index contributed by atoms with van der Waals surface area (Å²) in [6.45, 7) is 13.3. The number of aryl methyl sites for hydroxylation is 1. The Morgan fingerprint density at radius 2 is 1.35 bits per heavy atom. The van der Waals surface area contributed by atoms with Crippen LogP contribution in [0.3, 0.4) is 0 Å². The first kappa shape index (κ1) is 32.4. The second-order valence-electron chi connectivity index (χ2n) is 9.91. The zero-order valence-electron chi connectivity index (χ0n) is 23.6. The van der Waals surface area contributed by atoms with Crippen LogP contribution in [0.25, 0.3) is 0 Å². The SMILES string of the molecule is CCCCOCC1OC(C(=O)c2ccc(Br)cc2C)C(OCCCC)C(OCCCC)C1OCCCC. The molecule has 2 rings (SSSR count). The van der Waals surface area contributed by atoms with E-state index in [0.717, 1.165) is 61.4 Å². The van der Waals surface area contributed by atoms with Crippen molar-refractivity contribution >= 4 is 21.7 Å². The summed E-state index contributed by atoms with van der Waals surface area (Å²) in [6.07, 6.45) is 5.32. The maximum Gasteiger partial charge on any atom is 0.194 e. The lowest BCUT2D eigenvalue weighted by atomic mass is 9.89. The van der Waals surface area contributed by atoms with Crippen molar-refractivity contribution in [3.63, 3.8) is 0 Å². The molecule has 0 aliphatic carbocycles. The summed E-state index contributed by atoms with van der Waals surface area (Å²) in [5.74, 6) is -0.0823. The Balaban J connectivity index is 2.43. The molecule has 37 heavy (non-hydrogen) atoms. The lowest BCUT2D eigenvalue weighted by Crippen LogP contribution is -2.63. The van der Waals surface area contributed by atoms with Gasteiger partial charge in [0.1, 0.15) is 30.5 Å². The monoisotopic (exact) mass is 584 g/mol. The second-order valence-corrected chi connectivity index (χ2v) is 10.8. The normalized spacial score (nSPS) is 23.9. The molecule has 0 amide bonds. The van der Waals surface area contributed by atoms with Gasteiger partial charge in [-0.05, 0) is 56.4 Å². The molecule has 1 heterocycles. The van der Waals surface area contributed by atoms with Crippen LogP contribution in [0.15, 0.2) is 22.7 Å². The molecule has 1 aromatic rings. The van der Waals surface area contributed by atoms with Crippen molar-refractivity contribution in [3.05, 3.63) is 33.8 Å². The van der Waals surface area contributed by atoms with Crippen LogP contribution in [0.4, 0.5) is 0 Å². The van der Waals surface area contributed by atoms with Crippen LogP contribution >= 0.6 is 15.9 Å². The van der Waals surface area contributed by atoms with Crippen LogP contribution in [0.1, 0.15) is 95.0 Å². The lowest BCUT2D eigenvalue weighted by molar-refractivity contribution is -0.254. The van der Waals surface area contributed by atoms with Gasteiger partial charge in [0.2, 0.25) is 0 Å². The molecule has 7 heteroatoms. The molecular formula is C30H49BrO6. The highest BCUT2D eigenvalue weighted by molar-refractivity contribution is 9.10. The number of carbonyl (C=O) groups is 1. The smallest absolute Gasteiger partial charge is 0.194 e. The number of rotatable bonds is 19. The van der Waals surface area contributed by atoms with E-state index in [1.165, 1.54) is 0 Å². The van der Waals surface area contributed by atoms with E-state index in [-0.39, 0.29) is 11.9 Å². The molecule has 5 unspecified atom stereocenters. The highest BCUT2D eigenvalue weighted by Gasteiger charge is 2.50. The molecule has 212 valence electrons. The molecule has 1 aromatic carbocycles. The number of benzene rings is 1. The maximum atomic E-state index is 14.0. The van der Waals surface area contributed by atoms with E-state index in [1.807, 2.05) is 25.1 Å². The fourth-order valence-corrected chi connectivity index (χ4v) is 4.90. The summed E-state index contributed by atoms with van der Waals surface area (Å²) in [5.41, 5.74) is 1.54. The van der Waals surface area contributed by atoms with Gasteiger partial charge >= 0.3 is 0 Å². The Morgan fingerprint density at radius 3 is 1.92 bits per heavy atom. The van der Waals surface area contributed by atoms with Gasteiger partial charge in [-0.1, -0.05) is 69.3 Å². The van der Waals surface area contributed by atoms with Crippen molar-refractivity contribution in [1.29, 1.82) is 0 Å². The predicted octanol–water partition coefficient (Wildman–Crippen LogP) is 7.08. The largest absolute Gasteiger partial charge is 0.379 e. The van der Waals surface area contributed by atoms with E-state index in [4.69, 9.17) is 23.7 Å². The number of hydrogen-bond acceptors (Lipinski definition) is 6. The number of carbonyl (C=O) groups excluding carboxylic acids is 1. The lowest BCUT2D eigenvalue weighted by Gasteiger charge is -2.46. The topological polar surface area (TPSA) is 63.2 Å². The number of ether oxygens (including phenoxy) is 5. The summed E-state index contributed by atoms with van der Waals surface area (Å²) in [5, 5.41) is 0. The van der Waals surface area contributed by atoms with Crippen LogP contribution in [-0.2, 0) is 23.7 Å². The molecule has 0 N–H and O–H groups in total. The van der Waals surface area contributed by atoms with Crippen LogP contribution < -0.4 is 0 Å². The van der Waals surface area contributed by atoms with Gasteiger partial charge in [0.05, 0.1) is 6.61 Å². The fraction of sp³-hybridized carbons (Fsp3) is 0.767. The molecule has 6 nitrogen and oxygen atoms in total. The molecule has 1 aliphatic rings. The summed E-state index contributed by atoms with van der Waals surface area (Å²) in [4.78, 5) is 14.0. The van der Waals surface area contributed by atoms with Crippen molar-refractivity contribution in [1.82, 2.24) is 0 Å². The summed E-state index contributed by atoms with van der Waals surface area (Å²) < 4.78 is 32.8. The zero-order chi connectivity index (χ0) is 27.0. The van der Waals surface area contributed by atoms with Crippen LogP contribution in [0.5, 0.6) is 0 Å². The Hall–Kier alpha value is -0.830. The molecule has 5 atom stereocenters. The molecule has 0 saturated carbocycles. The molecule has 1 saturated heterocycles. The Kier molecular flexibility index (Phi) is 16.2. The van der Waals surface area contributed by atoms with Crippen molar-refractivity contribution < 1.29 is 28.5 Å². The van der Waals surface area contributed by atoms with Crippen molar-refractivity contribution in [3.8, 4) is 0 Å². The van der Waals surface area contributed by atoms with Crippen LogP contribution in [0.2, 0.25) is 0 Å². The third-order valence-corrected chi connectivity index (χ3v) is 7.19. The number of hydrogen-bond donors (Lipinski definition) is 0. The number of Topliss-reactive ketones (excluding diaryl/α,β-unsaturated/α-hetero) is 1. The maximum absolute atomic E-state index is 14.0. The third kappa shape index (κ3) is 10.3. The Bertz CT molecular complexity index is 772. The number of halogens is 1. The van der Waals surface area contributed by atoms with Crippen molar-refractivity contribution in [2.24, 2.45) is 0 Å². The molecule has 0 bridgehead atoms. The third-order valence-electron chi connectivity index (χ3n) is 6.70. The van der Waals surface area contributed by atoms with Crippen molar-refractivity contribution in [2.75, 3.05) is 33.0 Å². The van der Waals surface area contributed by atoms with Crippen molar-refractivity contribution in [2.45, 2.75) is 117 Å². The highest BCUT2D eigenvalue weighted by atomic mass is 79.9. The van der Waals surface area contributed by atoms with Crippen LogP contribution in [-0.4, -0.2) is 69.3 Å². The summed E-state index contributed by atoms with van der Waals surface area (Å²) >= 11 is 3.51. The van der Waals surface area contributed by atoms with Gasteiger partial charge < -0.3 is 23.7 Å². The predicted molar refractivity (Wildman–Crippen MR) is 152 cm³/mol. The first-order valence-electron chi connectivity index (χ1n) is 14.4. The van der Waals surface area contributed by atoms with E-state index in [1.54, 1.807) is 0 Å². The second kappa shape index (κ2) is 18.5. The minimum absolute atomic E-state index is 0.0823. The van der Waals surface area contributed by atoms with Crippen LogP contribution in [0, 0.1) is 6.92 Å². The Labute approximate surface area is 233 Å². The summed E-state index contributed by atoms with van der Waals surface area (Å²) in [6, 6.07) is 5.71. The highest BCUT2D eigenvalue weighted by Crippen LogP contribution is 2.32. The van der Waals surface area contributed by atoms with Gasteiger partial charge in [0.25, 0.3) is 0 Å². The van der Waals surface area contributed by atoms with Gasteiger partial charge in [-0.15, -0.1) is 0 Å². The quantitative estimate of drug-likeness (QED) is 0.128. The average Bonchev–Trinajstić information content (AvgIpc) is 2.88. The molecule has 0 spiro atoms. The zero-order valence-corrected chi connectivity index (χ0v) is 25.2. The number of unbranched alkanes of at least 4 members (excludes halogenated alkanes) is 4. The van der Waals surface area contributed by atoms with E-state index < -0.39 is 24.4 Å². The van der Waals surface area contributed by atoms with E-state index in [9.17, 15) is 4.79 Å². The van der Waals surface area contributed by atoms with Gasteiger partial charge in [-0.3, -0.25) is 4.79 Å². The number of ketones is 1. The van der Waals surface area contributed by atoms with Gasteiger partial charge in [0.15, 0.2) is 5.78 Å².